The predicted octanol–water partition coefficient (Wildman–Crippen LogP) is 2.45. The minimum Gasteiger partial charge on any atom is -0.505 e. The van der Waals surface area contributed by atoms with Crippen molar-refractivity contribution in [1.82, 2.24) is 0 Å². The van der Waals surface area contributed by atoms with Crippen molar-refractivity contribution in [2.45, 2.75) is 13.0 Å². The molecule has 0 aliphatic heterocycles. The van der Waals surface area contributed by atoms with Crippen molar-refractivity contribution >= 4 is 15.9 Å². The van der Waals surface area contributed by atoms with E-state index in [2.05, 4.69) is 15.9 Å². The van der Waals surface area contributed by atoms with Crippen LogP contribution < -0.4 is 5.73 Å². The van der Waals surface area contributed by atoms with Gasteiger partial charge < -0.3 is 10.8 Å². The molecule has 72 valence electrons. The molecular weight excluding hydrogens is 244 g/mol. The third-order valence-electron chi connectivity index (χ3n) is 1.64. The van der Waals surface area contributed by atoms with Crippen molar-refractivity contribution in [1.29, 1.82) is 0 Å². The van der Waals surface area contributed by atoms with E-state index in [0.29, 0.717) is 0 Å². The number of rotatable bonds is 1. The number of phenols is 1. The largest absolute Gasteiger partial charge is 0.505 e. The fraction of sp³-hybridized carbons (Fsp3) is 0.250. The van der Waals surface area contributed by atoms with Crippen molar-refractivity contribution in [3.05, 3.63) is 27.7 Å². The van der Waals surface area contributed by atoms with Gasteiger partial charge in [0.1, 0.15) is 5.82 Å². The molecule has 5 heteroatoms. The average molecular weight is 252 g/mol. The molecule has 0 saturated carbocycles. The molecule has 0 aliphatic rings. The van der Waals surface area contributed by atoms with E-state index in [0.717, 1.165) is 6.07 Å². The van der Waals surface area contributed by atoms with Crippen LogP contribution in [-0.4, -0.2) is 5.11 Å². The van der Waals surface area contributed by atoms with Crippen LogP contribution in [0.5, 0.6) is 5.75 Å². The van der Waals surface area contributed by atoms with Gasteiger partial charge >= 0.3 is 0 Å². The minimum atomic E-state index is -0.888. The van der Waals surface area contributed by atoms with Gasteiger partial charge in [0.05, 0.1) is 10.0 Å². The van der Waals surface area contributed by atoms with E-state index in [1.165, 1.54) is 6.92 Å². The van der Waals surface area contributed by atoms with Crippen LogP contribution in [0.1, 0.15) is 18.5 Å². The van der Waals surface area contributed by atoms with Gasteiger partial charge in [-0.25, -0.2) is 8.78 Å². The summed E-state index contributed by atoms with van der Waals surface area (Å²) in [6, 6.07) is 0.100. The quantitative estimate of drug-likeness (QED) is 0.754. The summed E-state index contributed by atoms with van der Waals surface area (Å²) in [4.78, 5) is 0. The first-order valence-electron chi connectivity index (χ1n) is 3.57. The molecule has 1 rings (SSSR count). The zero-order chi connectivity index (χ0) is 10.2. The Balaban J connectivity index is 3.46. The van der Waals surface area contributed by atoms with Crippen LogP contribution in [0.25, 0.3) is 0 Å². The summed E-state index contributed by atoms with van der Waals surface area (Å²) < 4.78 is 26.1. The lowest BCUT2D eigenvalue weighted by molar-refractivity contribution is 0.411. The number of phenolic OH excluding ortho intramolecular Hbond substituents is 1. The highest BCUT2D eigenvalue weighted by Crippen LogP contribution is 2.33. The Hall–Kier alpha value is -0.680. The first kappa shape index (κ1) is 10.4. The van der Waals surface area contributed by atoms with Gasteiger partial charge in [-0.1, -0.05) is 0 Å². The SMILES string of the molecule is C[C@H](N)c1c(O)c(F)cc(Br)c1F. The van der Waals surface area contributed by atoms with E-state index < -0.39 is 23.4 Å². The van der Waals surface area contributed by atoms with E-state index in [1.807, 2.05) is 0 Å². The lowest BCUT2D eigenvalue weighted by atomic mass is 10.1. The Morgan fingerprint density at radius 2 is 2.08 bits per heavy atom. The summed E-state index contributed by atoms with van der Waals surface area (Å²) in [5.74, 6) is -2.34. The van der Waals surface area contributed by atoms with E-state index >= 15 is 0 Å². The number of hydrogen-bond acceptors (Lipinski definition) is 2. The van der Waals surface area contributed by atoms with Gasteiger partial charge in [-0.3, -0.25) is 0 Å². The number of hydrogen-bond donors (Lipinski definition) is 2. The van der Waals surface area contributed by atoms with Gasteiger partial charge in [0.2, 0.25) is 0 Å². The second kappa shape index (κ2) is 3.59. The Labute approximate surface area is 82.5 Å². The van der Waals surface area contributed by atoms with Gasteiger partial charge in [-0.05, 0) is 28.9 Å². The van der Waals surface area contributed by atoms with Gasteiger partial charge in [0, 0.05) is 6.04 Å². The van der Waals surface area contributed by atoms with Crippen LogP contribution in [0.15, 0.2) is 10.5 Å². The van der Waals surface area contributed by atoms with E-state index in [9.17, 15) is 8.78 Å². The molecule has 3 N–H and O–H groups in total. The smallest absolute Gasteiger partial charge is 0.166 e. The summed E-state index contributed by atoms with van der Waals surface area (Å²) in [6.07, 6.45) is 0. The highest BCUT2D eigenvalue weighted by atomic mass is 79.9. The van der Waals surface area contributed by atoms with Crippen molar-refractivity contribution in [3.63, 3.8) is 0 Å². The zero-order valence-corrected chi connectivity index (χ0v) is 8.40. The normalized spacial score (nSPS) is 13.0. The average Bonchev–Trinajstić information content (AvgIpc) is 2.01. The minimum absolute atomic E-state index is 0.0462. The lowest BCUT2D eigenvalue weighted by Crippen LogP contribution is -2.09. The van der Waals surface area contributed by atoms with E-state index in [1.54, 1.807) is 0 Å². The van der Waals surface area contributed by atoms with Gasteiger partial charge in [-0.2, -0.15) is 0 Å². The molecule has 0 radical (unpaired) electrons. The van der Waals surface area contributed by atoms with Crippen LogP contribution in [0.3, 0.4) is 0 Å². The monoisotopic (exact) mass is 251 g/mol. The molecule has 0 spiro atoms. The van der Waals surface area contributed by atoms with E-state index in [-0.39, 0.29) is 10.0 Å². The molecule has 0 aromatic heterocycles. The molecule has 0 unspecified atom stereocenters. The number of halogens is 3. The molecule has 13 heavy (non-hydrogen) atoms. The first-order chi connectivity index (χ1) is 5.95. The number of benzene rings is 1. The van der Waals surface area contributed by atoms with E-state index in [4.69, 9.17) is 10.8 Å². The Morgan fingerprint density at radius 1 is 1.54 bits per heavy atom. The molecular formula is C8H8BrF2NO. The van der Waals surface area contributed by atoms with Gasteiger partial charge in [0.15, 0.2) is 11.6 Å². The molecule has 1 atom stereocenters. The summed E-state index contributed by atoms with van der Waals surface area (Å²) in [5.41, 5.74) is 5.15. The second-order valence-corrected chi connectivity index (χ2v) is 3.56. The summed E-state index contributed by atoms with van der Waals surface area (Å²) >= 11 is 2.82. The van der Waals surface area contributed by atoms with Gasteiger partial charge in [-0.15, -0.1) is 0 Å². The maximum Gasteiger partial charge on any atom is 0.166 e. The molecule has 0 amide bonds. The second-order valence-electron chi connectivity index (χ2n) is 2.71. The molecule has 2 nitrogen and oxygen atoms in total. The van der Waals surface area contributed by atoms with Crippen LogP contribution in [-0.2, 0) is 0 Å². The molecule has 0 fully saturated rings. The van der Waals surface area contributed by atoms with Gasteiger partial charge in [0.25, 0.3) is 0 Å². The first-order valence-corrected chi connectivity index (χ1v) is 4.36. The molecule has 0 heterocycles. The van der Waals surface area contributed by atoms with Crippen LogP contribution in [0, 0.1) is 11.6 Å². The highest BCUT2D eigenvalue weighted by Gasteiger charge is 2.19. The Morgan fingerprint density at radius 3 is 2.54 bits per heavy atom. The molecule has 0 bridgehead atoms. The topological polar surface area (TPSA) is 46.2 Å². The molecule has 1 aromatic rings. The Kier molecular flexibility index (Phi) is 2.87. The van der Waals surface area contributed by atoms with Crippen LogP contribution in [0.4, 0.5) is 8.78 Å². The third kappa shape index (κ3) is 1.81. The Bertz CT molecular complexity index is 315. The predicted molar refractivity (Wildman–Crippen MR) is 48.3 cm³/mol. The lowest BCUT2D eigenvalue weighted by Gasteiger charge is -2.11. The van der Waals surface area contributed by atoms with Crippen molar-refractivity contribution in [3.8, 4) is 5.75 Å². The number of nitrogens with two attached hydrogens (primary N) is 1. The third-order valence-corrected chi connectivity index (χ3v) is 2.21. The molecule has 0 saturated heterocycles. The molecule has 1 aromatic carbocycles. The fourth-order valence-corrected chi connectivity index (χ4v) is 1.43. The standard InChI is InChI=1S/C8H8BrF2NO/c1-3(12)6-7(11)4(9)2-5(10)8(6)13/h2-3,13H,12H2,1H3/t3-/m0/s1. The maximum atomic E-state index is 13.2. The number of aromatic hydroxyl groups is 1. The zero-order valence-electron chi connectivity index (χ0n) is 6.81. The maximum absolute atomic E-state index is 13.2. The van der Waals surface area contributed by atoms with Crippen LogP contribution in [0.2, 0.25) is 0 Å². The van der Waals surface area contributed by atoms with Crippen molar-refractivity contribution in [2.24, 2.45) is 5.73 Å². The summed E-state index contributed by atoms with van der Waals surface area (Å²) in [6.45, 7) is 1.46. The molecule has 0 aliphatic carbocycles. The van der Waals surface area contributed by atoms with Crippen molar-refractivity contribution in [2.75, 3.05) is 0 Å². The van der Waals surface area contributed by atoms with Crippen molar-refractivity contribution < 1.29 is 13.9 Å². The van der Waals surface area contributed by atoms with Crippen LogP contribution >= 0.6 is 15.9 Å². The highest BCUT2D eigenvalue weighted by molar-refractivity contribution is 9.10. The fourth-order valence-electron chi connectivity index (χ4n) is 1.02. The summed E-state index contributed by atoms with van der Waals surface area (Å²) in [5, 5.41) is 9.16. The summed E-state index contributed by atoms with van der Waals surface area (Å²) in [7, 11) is 0.